The standard InChI is InChI=1S/C26H22/c1-19-9-11-21(12-10-19)22-13-15-23(16-14-22)25-7-4-8-26(18-25)24-6-3-5-20(2)17-24/h3-18H,1-2H3. The highest BCUT2D eigenvalue weighted by Gasteiger charge is 2.03. The predicted molar refractivity (Wildman–Crippen MR) is 112 cm³/mol. The Morgan fingerprint density at radius 2 is 0.769 bits per heavy atom. The van der Waals surface area contributed by atoms with Crippen LogP contribution in [0.4, 0.5) is 0 Å². The molecule has 26 heavy (non-hydrogen) atoms. The van der Waals surface area contributed by atoms with E-state index in [2.05, 4.69) is 111 Å². The van der Waals surface area contributed by atoms with E-state index in [1.54, 1.807) is 0 Å². The summed E-state index contributed by atoms with van der Waals surface area (Å²) in [6.07, 6.45) is 0. The maximum Gasteiger partial charge on any atom is -0.0178 e. The largest absolute Gasteiger partial charge is 0.0614 e. The van der Waals surface area contributed by atoms with E-state index in [0.29, 0.717) is 0 Å². The zero-order chi connectivity index (χ0) is 17.9. The fourth-order valence-electron chi connectivity index (χ4n) is 3.30. The van der Waals surface area contributed by atoms with Gasteiger partial charge in [0.05, 0.1) is 0 Å². The smallest absolute Gasteiger partial charge is 0.0178 e. The molecule has 0 amide bonds. The van der Waals surface area contributed by atoms with Gasteiger partial charge in [0, 0.05) is 0 Å². The zero-order valence-electron chi connectivity index (χ0n) is 15.2. The average molecular weight is 334 g/mol. The Hall–Kier alpha value is -3.12. The first-order chi connectivity index (χ1) is 12.7. The number of hydrogen-bond acceptors (Lipinski definition) is 0. The summed E-state index contributed by atoms with van der Waals surface area (Å²) in [4.78, 5) is 0. The molecular formula is C26H22. The highest BCUT2D eigenvalue weighted by molar-refractivity contribution is 5.75. The minimum Gasteiger partial charge on any atom is -0.0614 e. The molecule has 0 heterocycles. The average Bonchev–Trinajstić information content (AvgIpc) is 2.69. The summed E-state index contributed by atoms with van der Waals surface area (Å²) in [5.41, 5.74) is 10.1. The van der Waals surface area contributed by atoms with Crippen molar-refractivity contribution < 1.29 is 0 Å². The number of rotatable bonds is 3. The van der Waals surface area contributed by atoms with Gasteiger partial charge in [-0.05, 0) is 53.3 Å². The Morgan fingerprint density at radius 3 is 1.35 bits per heavy atom. The van der Waals surface area contributed by atoms with E-state index < -0.39 is 0 Å². The van der Waals surface area contributed by atoms with Crippen LogP contribution in [-0.2, 0) is 0 Å². The molecule has 0 aliphatic heterocycles. The second-order valence-electron chi connectivity index (χ2n) is 6.89. The van der Waals surface area contributed by atoms with Crippen LogP contribution in [0.5, 0.6) is 0 Å². The van der Waals surface area contributed by atoms with Crippen LogP contribution in [0.15, 0.2) is 97.1 Å². The lowest BCUT2D eigenvalue weighted by Crippen LogP contribution is -1.83. The maximum atomic E-state index is 2.27. The van der Waals surface area contributed by atoms with E-state index in [9.17, 15) is 0 Å². The van der Waals surface area contributed by atoms with Gasteiger partial charge in [0.15, 0.2) is 0 Å². The van der Waals surface area contributed by atoms with Crippen molar-refractivity contribution in [1.82, 2.24) is 0 Å². The summed E-state index contributed by atoms with van der Waals surface area (Å²) < 4.78 is 0. The predicted octanol–water partition coefficient (Wildman–Crippen LogP) is 7.30. The second kappa shape index (κ2) is 7.01. The molecule has 4 aromatic carbocycles. The van der Waals surface area contributed by atoms with Crippen LogP contribution in [0.2, 0.25) is 0 Å². The van der Waals surface area contributed by atoms with Gasteiger partial charge < -0.3 is 0 Å². The lowest BCUT2D eigenvalue weighted by molar-refractivity contribution is 1.46. The molecule has 0 bridgehead atoms. The first kappa shape index (κ1) is 16.4. The van der Waals surface area contributed by atoms with Crippen LogP contribution >= 0.6 is 0 Å². The van der Waals surface area contributed by atoms with Crippen molar-refractivity contribution in [1.29, 1.82) is 0 Å². The molecular weight excluding hydrogens is 312 g/mol. The summed E-state index contributed by atoms with van der Waals surface area (Å²) >= 11 is 0. The Balaban J connectivity index is 1.65. The molecule has 0 aliphatic carbocycles. The van der Waals surface area contributed by atoms with Crippen LogP contribution < -0.4 is 0 Å². The van der Waals surface area contributed by atoms with Gasteiger partial charge in [-0.2, -0.15) is 0 Å². The third kappa shape index (κ3) is 3.45. The first-order valence-corrected chi connectivity index (χ1v) is 9.04. The van der Waals surface area contributed by atoms with Crippen LogP contribution in [0.3, 0.4) is 0 Å². The molecule has 0 saturated carbocycles. The summed E-state index contributed by atoms with van der Waals surface area (Å²) in [6, 6.07) is 35.0. The molecule has 0 aliphatic rings. The molecule has 0 nitrogen and oxygen atoms in total. The minimum absolute atomic E-state index is 1.25. The Labute approximate surface area is 155 Å². The van der Waals surface area contributed by atoms with E-state index in [1.165, 1.54) is 44.5 Å². The molecule has 0 aromatic heterocycles. The van der Waals surface area contributed by atoms with Gasteiger partial charge in [0.2, 0.25) is 0 Å². The van der Waals surface area contributed by atoms with E-state index in [-0.39, 0.29) is 0 Å². The second-order valence-corrected chi connectivity index (χ2v) is 6.89. The molecule has 0 spiro atoms. The van der Waals surface area contributed by atoms with Crippen molar-refractivity contribution in [2.24, 2.45) is 0 Å². The van der Waals surface area contributed by atoms with Crippen molar-refractivity contribution in [2.75, 3.05) is 0 Å². The van der Waals surface area contributed by atoms with Gasteiger partial charge in [0.1, 0.15) is 0 Å². The van der Waals surface area contributed by atoms with Gasteiger partial charge in [-0.3, -0.25) is 0 Å². The monoisotopic (exact) mass is 334 g/mol. The quantitative estimate of drug-likeness (QED) is 0.368. The van der Waals surface area contributed by atoms with Crippen LogP contribution in [0, 0.1) is 13.8 Å². The van der Waals surface area contributed by atoms with Crippen molar-refractivity contribution in [3.05, 3.63) is 108 Å². The lowest BCUT2D eigenvalue weighted by Gasteiger charge is -2.08. The first-order valence-electron chi connectivity index (χ1n) is 9.04. The van der Waals surface area contributed by atoms with Crippen molar-refractivity contribution in [3.63, 3.8) is 0 Å². The molecule has 0 radical (unpaired) electrons. The van der Waals surface area contributed by atoms with E-state index in [4.69, 9.17) is 0 Å². The van der Waals surface area contributed by atoms with Crippen molar-refractivity contribution in [3.8, 4) is 33.4 Å². The lowest BCUT2D eigenvalue weighted by atomic mass is 9.96. The molecule has 126 valence electrons. The highest BCUT2D eigenvalue weighted by Crippen LogP contribution is 2.29. The van der Waals surface area contributed by atoms with Crippen LogP contribution in [-0.4, -0.2) is 0 Å². The Bertz CT molecular complexity index is 1020. The third-order valence-corrected chi connectivity index (χ3v) is 4.82. The van der Waals surface area contributed by atoms with Crippen LogP contribution in [0.25, 0.3) is 33.4 Å². The van der Waals surface area contributed by atoms with Gasteiger partial charge in [0.25, 0.3) is 0 Å². The molecule has 4 aromatic rings. The Kier molecular flexibility index (Phi) is 4.41. The van der Waals surface area contributed by atoms with E-state index >= 15 is 0 Å². The van der Waals surface area contributed by atoms with Gasteiger partial charge in [-0.15, -0.1) is 0 Å². The molecule has 0 fully saturated rings. The van der Waals surface area contributed by atoms with E-state index in [0.717, 1.165) is 0 Å². The topological polar surface area (TPSA) is 0 Å². The zero-order valence-corrected chi connectivity index (χ0v) is 15.2. The number of aryl methyl sites for hydroxylation is 2. The molecule has 0 unspecified atom stereocenters. The summed E-state index contributed by atoms with van der Waals surface area (Å²) in [5.74, 6) is 0. The molecule has 4 rings (SSSR count). The maximum absolute atomic E-state index is 2.27. The van der Waals surface area contributed by atoms with E-state index in [1.807, 2.05) is 0 Å². The molecule has 0 atom stereocenters. The summed E-state index contributed by atoms with van der Waals surface area (Å²) in [6.45, 7) is 4.26. The third-order valence-electron chi connectivity index (χ3n) is 4.82. The molecule has 0 saturated heterocycles. The van der Waals surface area contributed by atoms with Crippen LogP contribution in [0.1, 0.15) is 11.1 Å². The SMILES string of the molecule is Cc1ccc(-c2ccc(-c3cccc(-c4cccc(C)c4)c3)cc2)cc1. The molecule has 0 heteroatoms. The summed E-state index contributed by atoms with van der Waals surface area (Å²) in [5, 5.41) is 0. The fraction of sp³-hybridized carbons (Fsp3) is 0.0769. The summed E-state index contributed by atoms with van der Waals surface area (Å²) in [7, 11) is 0. The molecule has 0 N–H and O–H groups in total. The number of benzene rings is 4. The highest BCUT2D eigenvalue weighted by atomic mass is 14.1. The fourth-order valence-corrected chi connectivity index (χ4v) is 3.30. The van der Waals surface area contributed by atoms with Crippen molar-refractivity contribution >= 4 is 0 Å². The number of hydrogen-bond donors (Lipinski definition) is 0. The minimum atomic E-state index is 1.25. The van der Waals surface area contributed by atoms with Gasteiger partial charge >= 0.3 is 0 Å². The normalized spacial score (nSPS) is 10.7. The van der Waals surface area contributed by atoms with Gasteiger partial charge in [-0.25, -0.2) is 0 Å². The Morgan fingerprint density at radius 1 is 0.346 bits per heavy atom. The van der Waals surface area contributed by atoms with Gasteiger partial charge in [-0.1, -0.05) is 102 Å². The van der Waals surface area contributed by atoms with Crippen molar-refractivity contribution in [2.45, 2.75) is 13.8 Å².